The van der Waals surface area contributed by atoms with Crippen LogP contribution in [-0.2, 0) is 6.54 Å². The number of allylic oxidation sites excluding steroid dienone is 1. The van der Waals surface area contributed by atoms with Crippen LogP contribution >= 0.6 is 0 Å². The monoisotopic (exact) mass is 363 g/mol. The van der Waals surface area contributed by atoms with Crippen LogP contribution in [0.4, 0.5) is 0 Å². The number of para-hydroxylation sites is 1. The van der Waals surface area contributed by atoms with Crippen molar-refractivity contribution in [3.63, 3.8) is 0 Å². The quantitative estimate of drug-likeness (QED) is 0.568. The van der Waals surface area contributed by atoms with E-state index in [4.69, 9.17) is 9.47 Å². The van der Waals surface area contributed by atoms with Crippen molar-refractivity contribution in [3.05, 3.63) is 70.0 Å². The number of hydrogen-bond acceptors (Lipinski definition) is 5. The summed E-state index contributed by atoms with van der Waals surface area (Å²) in [6.07, 6.45) is 2.86. The van der Waals surface area contributed by atoms with Crippen molar-refractivity contribution < 1.29 is 19.4 Å². The van der Waals surface area contributed by atoms with Gasteiger partial charge in [0.1, 0.15) is 11.3 Å². The zero-order valence-corrected chi connectivity index (χ0v) is 14.6. The number of ether oxygens (including phenoxy) is 2. The molecule has 0 amide bonds. The van der Waals surface area contributed by atoms with E-state index in [1.807, 2.05) is 6.92 Å². The Kier molecular flexibility index (Phi) is 4.16. The molecule has 1 aliphatic heterocycles. The molecule has 0 saturated heterocycles. The van der Waals surface area contributed by atoms with E-state index in [9.17, 15) is 14.7 Å². The number of nitrogens with zero attached hydrogens (tertiary/aromatic N) is 1. The maximum absolute atomic E-state index is 12.8. The number of rotatable bonds is 4. The van der Waals surface area contributed by atoms with Gasteiger partial charge in [-0.1, -0.05) is 24.3 Å². The van der Waals surface area contributed by atoms with Gasteiger partial charge in [-0.05, 0) is 42.8 Å². The number of aryl methyl sites for hydroxylation is 1. The number of ketones is 1. The fourth-order valence-corrected chi connectivity index (χ4v) is 3.20. The van der Waals surface area contributed by atoms with Crippen LogP contribution in [0.2, 0.25) is 0 Å². The Morgan fingerprint density at radius 2 is 1.96 bits per heavy atom. The van der Waals surface area contributed by atoms with Crippen molar-refractivity contribution in [1.82, 2.24) is 4.57 Å². The predicted molar refractivity (Wildman–Crippen MR) is 101 cm³/mol. The smallest absolute Gasteiger partial charge is 0.266 e. The molecular weight excluding hydrogens is 346 g/mol. The van der Waals surface area contributed by atoms with Gasteiger partial charge < -0.3 is 19.1 Å². The minimum absolute atomic E-state index is 0.170. The van der Waals surface area contributed by atoms with Gasteiger partial charge in [-0.25, -0.2) is 0 Å². The van der Waals surface area contributed by atoms with E-state index in [1.165, 1.54) is 10.6 Å². The number of fused-ring (bicyclic) bond motifs is 2. The molecule has 3 aromatic rings. The molecule has 0 atom stereocenters. The van der Waals surface area contributed by atoms with Crippen LogP contribution in [-0.4, -0.2) is 22.2 Å². The average Bonchev–Trinajstić information content (AvgIpc) is 3.15. The number of hydrogen-bond donors (Lipinski definition) is 1. The molecule has 0 unspecified atom stereocenters. The molecule has 0 fully saturated rings. The van der Waals surface area contributed by atoms with Gasteiger partial charge in [0.25, 0.3) is 5.56 Å². The molecule has 4 rings (SSSR count). The first-order valence-corrected chi connectivity index (χ1v) is 8.56. The van der Waals surface area contributed by atoms with Crippen molar-refractivity contribution in [2.24, 2.45) is 0 Å². The fourth-order valence-electron chi connectivity index (χ4n) is 3.20. The normalized spacial score (nSPS) is 12.8. The number of carbonyl (C=O) groups excluding carboxylic acids is 1. The van der Waals surface area contributed by atoms with Gasteiger partial charge in [0.05, 0.1) is 5.52 Å². The van der Waals surface area contributed by atoms with E-state index < -0.39 is 11.3 Å². The van der Waals surface area contributed by atoms with Crippen molar-refractivity contribution in [2.75, 3.05) is 6.79 Å². The van der Waals surface area contributed by atoms with Gasteiger partial charge in [-0.15, -0.1) is 0 Å². The average molecular weight is 363 g/mol. The first kappa shape index (κ1) is 16.9. The highest BCUT2D eigenvalue weighted by atomic mass is 16.7. The minimum Gasteiger partial charge on any atom is -0.506 e. The summed E-state index contributed by atoms with van der Waals surface area (Å²) in [6.45, 7) is 2.39. The Bertz CT molecular complexity index is 1140. The summed E-state index contributed by atoms with van der Waals surface area (Å²) in [4.78, 5) is 25.4. The lowest BCUT2D eigenvalue weighted by atomic mass is 10.1. The lowest BCUT2D eigenvalue weighted by Crippen LogP contribution is -2.26. The molecule has 6 nitrogen and oxygen atoms in total. The van der Waals surface area contributed by atoms with Crippen LogP contribution in [0.3, 0.4) is 0 Å². The molecule has 2 aromatic carbocycles. The standard InChI is InChI=1S/C21H17NO5/c1-2-22-15-6-4-3-5-14(15)20(24)19(21(22)25)16(23)9-7-13-8-10-17-18(11-13)27-12-26-17/h3-11,24H,2,12H2,1H3/b9-7+. The van der Waals surface area contributed by atoms with Gasteiger partial charge in [0.2, 0.25) is 6.79 Å². The maximum atomic E-state index is 12.8. The van der Waals surface area contributed by atoms with Gasteiger partial charge in [0, 0.05) is 11.9 Å². The van der Waals surface area contributed by atoms with Crippen LogP contribution < -0.4 is 15.0 Å². The number of pyridine rings is 1. The zero-order valence-electron chi connectivity index (χ0n) is 14.6. The van der Waals surface area contributed by atoms with E-state index in [-0.39, 0.29) is 18.1 Å². The first-order chi connectivity index (χ1) is 13.1. The van der Waals surface area contributed by atoms with Gasteiger partial charge >= 0.3 is 0 Å². The summed E-state index contributed by atoms with van der Waals surface area (Å²) in [7, 11) is 0. The lowest BCUT2D eigenvalue weighted by Gasteiger charge is -2.12. The van der Waals surface area contributed by atoms with Crippen LogP contribution in [0.1, 0.15) is 22.8 Å². The molecule has 0 radical (unpaired) electrons. The highest BCUT2D eigenvalue weighted by Crippen LogP contribution is 2.33. The Morgan fingerprint density at radius 3 is 2.78 bits per heavy atom. The Hall–Kier alpha value is -3.54. The molecule has 1 aliphatic rings. The molecule has 27 heavy (non-hydrogen) atoms. The molecule has 0 spiro atoms. The highest BCUT2D eigenvalue weighted by Gasteiger charge is 2.20. The van der Waals surface area contributed by atoms with E-state index in [1.54, 1.807) is 48.5 Å². The second kappa shape index (κ2) is 6.64. The molecular formula is C21H17NO5. The lowest BCUT2D eigenvalue weighted by molar-refractivity contribution is 0.104. The van der Waals surface area contributed by atoms with Crippen molar-refractivity contribution >= 4 is 22.8 Å². The molecule has 0 saturated carbocycles. The third kappa shape index (κ3) is 2.85. The third-order valence-electron chi connectivity index (χ3n) is 4.53. The van der Waals surface area contributed by atoms with Gasteiger partial charge in [0.15, 0.2) is 17.3 Å². The van der Waals surface area contributed by atoms with E-state index in [0.29, 0.717) is 28.9 Å². The summed E-state index contributed by atoms with van der Waals surface area (Å²) in [5.74, 6) is 0.409. The maximum Gasteiger partial charge on any atom is 0.266 e. The van der Waals surface area contributed by atoms with Gasteiger partial charge in [-0.3, -0.25) is 9.59 Å². The number of aromatic hydroxyl groups is 1. The van der Waals surface area contributed by atoms with Crippen molar-refractivity contribution in [2.45, 2.75) is 13.5 Å². The van der Waals surface area contributed by atoms with Crippen LogP contribution in [0.5, 0.6) is 17.2 Å². The molecule has 136 valence electrons. The summed E-state index contributed by atoms with van der Waals surface area (Å²) in [5.41, 5.74) is 0.587. The first-order valence-electron chi connectivity index (χ1n) is 8.56. The Balaban J connectivity index is 1.76. The Labute approximate surface area is 154 Å². The Morgan fingerprint density at radius 1 is 1.19 bits per heavy atom. The van der Waals surface area contributed by atoms with Crippen molar-refractivity contribution in [1.29, 1.82) is 0 Å². The molecule has 1 aromatic heterocycles. The van der Waals surface area contributed by atoms with Crippen LogP contribution in [0.25, 0.3) is 17.0 Å². The topological polar surface area (TPSA) is 77.8 Å². The number of carbonyl (C=O) groups is 1. The molecule has 0 aliphatic carbocycles. The third-order valence-corrected chi connectivity index (χ3v) is 4.53. The number of benzene rings is 2. The molecule has 2 heterocycles. The van der Waals surface area contributed by atoms with Crippen molar-refractivity contribution in [3.8, 4) is 17.2 Å². The summed E-state index contributed by atoms with van der Waals surface area (Å²) in [5, 5.41) is 11.0. The zero-order chi connectivity index (χ0) is 19.0. The van der Waals surface area contributed by atoms with Gasteiger partial charge in [-0.2, -0.15) is 0 Å². The summed E-state index contributed by atoms with van der Waals surface area (Å²) >= 11 is 0. The summed E-state index contributed by atoms with van der Waals surface area (Å²) < 4.78 is 12.1. The predicted octanol–water partition coefficient (Wildman–Crippen LogP) is 3.35. The SMILES string of the molecule is CCn1c(=O)c(C(=O)/C=C/c2ccc3c(c2)OCO3)c(O)c2ccccc21. The van der Waals surface area contributed by atoms with E-state index in [2.05, 4.69) is 0 Å². The second-order valence-electron chi connectivity index (χ2n) is 6.10. The number of aromatic nitrogens is 1. The minimum atomic E-state index is -0.553. The largest absolute Gasteiger partial charge is 0.506 e. The second-order valence-corrected chi connectivity index (χ2v) is 6.10. The van der Waals surface area contributed by atoms with Crippen LogP contribution in [0, 0.1) is 0 Å². The van der Waals surface area contributed by atoms with E-state index >= 15 is 0 Å². The fraction of sp³-hybridized carbons (Fsp3) is 0.143. The molecule has 1 N–H and O–H groups in total. The van der Waals surface area contributed by atoms with Crippen LogP contribution in [0.15, 0.2) is 53.3 Å². The summed E-state index contributed by atoms with van der Waals surface area (Å²) in [6, 6.07) is 12.3. The highest BCUT2D eigenvalue weighted by molar-refractivity contribution is 6.11. The van der Waals surface area contributed by atoms with E-state index in [0.717, 1.165) is 5.56 Å². The molecule has 6 heteroatoms. The molecule has 0 bridgehead atoms.